The summed E-state index contributed by atoms with van der Waals surface area (Å²) in [5, 5.41) is 5.60. The van der Waals surface area contributed by atoms with Gasteiger partial charge in [-0.15, -0.1) is 11.3 Å². The molecule has 2 aromatic heterocycles. The van der Waals surface area contributed by atoms with E-state index < -0.39 is 0 Å². The number of rotatable bonds is 8. The van der Waals surface area contributed by atoms with Crippen LogP contribution < -0.4 is 5.32 Å². The molecule has 0 fully saturated rings. The number of thiophene rings is 1. The van der Waals surface area contributed by atoms with Crippen molar-refractivity contribution in [3.05, 3.63) is 46.5 Å². The zero-order valence-corrected chi connectivity index (χ0v) is 11.4. The Bertz CT molecular complexity index is 411. The average Bonchev–Trinajstić information content (AvgIpc) is 3.05. The smallest absolute Gasteiger partial charge is 0.129 e. The Morgan fingerprint density at radius 3 is 3.06 bits per heavy atom. The molecule has 0 spiro atoms. The largest absolute Gasteiger partial charge is 0.467 e. The molecule has 0 radical (unpaired) electrons. The van der Waals surface area contributed by atoms with Gasteiger partial charge in [0.25, 0.3) is 0 Å². The third kappa shape index (κ3) is 4.29. The quantitative estimate of drug-likeness (QED) is 0.741. The Labute approximate surface area is 112 Å². The number of hydrogen-bond donors (Lipinski definition) is 1. The minimum atomic E-state index is 0.426. The van der Waals surface area contributed by atoms with Gasteiger partial charge < -0.3 is 14.5 Å². The lowest BCUT2D eigenvalue weighted by Gasteiger charge is -2.11. The first-order valence-electron chi connectivity index (χ1n) is 6.23. The molecule has 3 nitrogen and oxygen atoms in total. The topological polar surface area (TPSA) is 34.4 Å². The summed E-state index contributed by atoms with van der Waals surface area (Å²) in [4.78, 5) is 1.38. The van der Waals surface area contributed by atoms with Gasteiger partial charge in [-0.25, -0.2) is 0 Å². The fourth-order valence-electron chi connectivity index (χ4n) is 1.70. The molecule has 0 bridgehead atoms. The summed E-state index contributed by atoms with van der Waals surface area (Å²) in [6, 6.07) is 8.48. The van der Waals surface area contributed by atoms with Crippen molar-refractivity contribution in [3.63, 3.8) is 0 Å². The summed E-state index contributed by atoms with van der Waals surface area (Å²) in [5.74, 6) is 0.884. The molecule has 0 saturated carbocycles. The van der Waals surface area contributed by atoms with E-state index in [9.17, 15) is 0 Å². The second kappa shape index (κ2) is 7.36. The van der Waals surface area contributed by atoms with Crippen LogP contribution in [0.3, 0.4) is 0 Å². The Balaban J connectivity index is 1.51. The first-order valence-corrected chi connectivity index (χ1v) is 7.11. The predicted octanol–water partition coefficient (Wildman–Crippen LogP) is 3.60. The minimum absolute atomic E-state index is 0.426. The Morgan fingerprint density at radius 1 is 1.39 bits per heavy atom. The van der Waals surface area contributed by atoms with Gasteiger partial charge in [0.2, 0.25) is 0 Å². The molecule has 0 aliphatic rings. The number of nitrogens with one attached hydrogen (secondary N) is 1. The van der Waals surface area contributed by atoms with Crippen molar-refractivity contribution in [2.24, 2.45) is 0 Å². The van der Waals surface area contributed by atoms with E-state index in [0.717, 1.165) is 25.3 Å². The van der Waals surface area contributed by atoms with Crippen LogP contribution in [0.1, 0.15) is 30.0 Å². The fraction of sp³-hybridized carbons (Fsp3) is 0.429. The van der Waals surface area contributed by atoms with Gasteiger partial charge in [0.15, 0.2) is 0 Å². The molecule has 1 unspecified atom stereocenters. The van der Waals surface area contributed by atoms with Crippen LogP contribution in [0.2, 0.25) is 0 Å². The van der Waals surface area contributed by atoms with Crippen LogP contribution in [0.15, 0.2) is 40.3 Å². The van der Waals surface area contributed by atoms with Gasteiger partial charge in [-0.3, -0.25) is 0 Å². The number of furan rings is 1. The van der Waals surface area contributed by atoms with Gasteiger partial charge in [0, 0.05) is 17.5 Å². The first kappa shape index (κ1) is 13.3. The van der Waals surface area contributed by atoms with Crippen molar-refractivity contribution < 1.29 is 9.15 Å². The molecule has 2 heterocycles. The van der Waals surface area contributed by atoms with E-state index in [0.29, 0.717) is 12.6 Å². The van der Waals surface area contributed by atoms with E-state index in [1.54, 1.807) is 17.6 Å². The molecule has 1 N–H and O–H groups in total. The van der Waals surface area contributed by atoms with Crippen LogP contribution in [0.5, 0.6) is 0 Å². The van der Waals surface area contributed by atoms with E-state index in [4.69, 9.17) is 9.15 Å². The summed E-state index contributed by atoms with van der Waals surface area (Å²) >= 11 is 1.79. The van der Waals surface area contributed by atoms with E-state index in [-0.39, 0.29) is 0 Å². The van der Waals surface area contributed by atoms with Crippen LogP contribution in [0, 0.1) is 0 Å². The highest BCUT2D eigenvalue weighted by atomic mass is 32.1. The Kier molecular flexibility index (Phi) is 5.45. The molecule has 2 rings (SSSR count). The highest BCUT2D eigenvalue weighted by Crippen LogP contribution is 2.17. The number of ether oxygens (including phenoxy) is 1. The lowest BCUT2D eigenvalue weighted by Crippen LogP contribution is -2.20. The highest BCUT2D eigenvalue weighted by molar-refractivity contribution is 7.10. The lowest BCUT2D eigenvalue weighted by atomic mass is 10.2. The van der Waals surface area contributed by atoms with Crippen LogP contribution in [0.25, 0.3) is 0 Å². The van der Waals surface area contributed by atoms with Gasteiger partial charge in [-0.1, -0.05) is 6.07 Å². The molecule has 98 valence electrons. The third-order valence-corrected chi connectivity index (χ3v) is 3.77. The van der Waals surface area contributed by atoms with E-state index in [1.807, 2.05) is 12.1 Å². The molecule has 0 saturated heterocycles. The molecule has 0 aliphatic heterocycles. The SMILES string of the molecule is CC(NCCCOCc1ccco1)c1cccs1. The van der Waals surface area contributed by atoms with Gasteiger partial charge in [0.1, 0.15) is 12.4 Å². The zero-order valence-electron chi connectivity index (χ0n) is 10.6. The van der Waals surface area contributed by atoms with Crippen LogP contribution in [-0.4, -0.2) is 13.2 Å². The maximum Gasteiger partial charge on any atom is 0.129 e. The molecular formula is C14H19NO2S. The molecule has 0 aromatic carbocycles. The molecule has 0 amide bonds. The van der Waals surface area contributed by atoms with E-state index in [1.165, 1.54) is 4.88 Å². The Hall–Kier alpha value is -1.10. The van der Waals surface area contributed by atoms with E-state index >= 15 is 0 Å². The summed E-state index contributed by atoms with van der Waals surface area (Å²) in [6.45, 7) is 4.48. The van der Waals surface area contributed by atoms with Crippen molar-refractivity contribution in [1.29, 1.82) is 0 Å². The van der Waals surface area contributed by atoms with Gasteiger partial charge in [-0.05, 0) is 43.5 Å². The summed E-state index contributed by atoms with van der Waals surface area (Å²) in [5.41, 5.74) is 0. The van der Waals surface area contributed by atoms with Crippen LogP contribution >= 0.6 is 11.3 Å². The van der Waals surface area contributed by atoms with Crippen LogP contribution in [-0.2, 0) is 11.3 Å². The summed E-state index contributed by atoms with van der Waals surface area (Å²) in [7, 11) is 0. The Morgan fingerprint density at radius 2 is 2.33 bits per heavy atom. The standard InChI is InChI=1S/C14H19NO2S/c1-12(14-6-3-10-18-14)15-7-4-8-16-11-13-5-2-9-17-13/h2-3,5-6,9-10,12,15H,4,7-8,11H2,1H3. The number of hydrogen-bond acceptors (Lipinski definition) is 4. The second-order valence-electron chi connectivity index (χ2n) is 4.18. The molecule has 0 aliphatic carbocycles. The molecular weight excluding hydrogens is 246 g/mol. The summed E-state index contributed by atoms with van der Waals surface area (Å²) in [6.07, 6.45) is 2.68. The minimum Gasteiger partial charge on any atom is -0.467 e. The zero-order chi connectivity index (χ0) is 12.6. The molecule has 18 heavy (non-hydrogen) atoms. The fourth-order valence-corrected chi connectivity index (χ4v) is 2.46. The summed E-state index contributed by atoms with van der Waals surface area (Å²) < 4.78 is 10.7. The van der Waals surface area contributed by atoms with E-state index in [2.05, 4.69) is 29.8 Å². The lowest BCUT2D eigenvalue weighted by molar-refractivity contribution is 0.104. The average molecular weight is 265 g/mol. The maximum absolute atomic E-state index is 5.52. The molecule has 1 atom stereocenters. The second-order valence-corrected chi connectivity index (χ2v) is 5.16. The van der Waals surface area contributed by atoms with Gasteiger partial charge in [0.05, 0.1) is 6.26 Å². The predicted molar refractivity (Wildman–Crippen MR) is 73.7 cm³/mol. The maximum atomic E-state index is 5.52. The molecule has 4 heteroatoms. The van der Waals surface area contributed by atoms with Crippen molar-refractivity contribution in [1.82, 2.24) is 5.32 Å². The normalized spacial score (nSPS) is 12.7. The van der Waals surface area contributed by atoms with Gasteiger partial charge in [-0.2, -0.15) is 0 Å². The van der Waals surface area contributed by atoms with Crippen molar-refractivity contribution in [3.8, 4) is 0 Å². The van der Waals surface area contributed by atoms with Crippen molar-refractivity contribution >= 4 is 11.3 Å². The highest BCUT2D eigenvalue weighted by Gasteiger charge is 2.04. The first-order chi connectivity index (χ1) is 8.86. The van der Waals surface area contributed by atoms with Crippen LogP contribution in [0.4, 0.5) is 0 Å². The van der Waals surface area contributed by atoms with Gasteiger partial charge >= 0.3 is 0 Å². The monoisotopic (exact) mass is 265 g/mol. The third-order valence-electron chi connectivity index (χ3n) is 2.71. The van der Waals surface area contributed by atoms with Crippen molar-refractivity contribution in [2.75, 3.05) is 13.2 Å². The molecule has 2 aromatic rings. The van der Waals surface area contributed by atoms with Crippen molar-refractivity contribution in [2.45, 2.75) is 26.0 Å².